The van der Waals surface area contributed by atoms with Gasteiger partial charge in [0.15, 0.2) is 0 Å². The molecule has 1 rings (SSSR count). The number of benzene rings is 1. The molecule has 0 fully saturated rings. The topological polar surface area (TPSA) is 198 Å². The van der Waals surface area contributed by atoms with E-state index < -0.39 is 76.7 Å². The number of carbonyl (C=O) groups is 4. The zero-order valence-corrected chi connectivity index (χ0v) is 23.3. The van der Waals surface area contributed by atoms with Crippen molar-refractivity contribution in [2.45, 2.75) is 39.9 Å². The summed E-state index contributed by atoms with van der Waals surface area (Å²) in [5.74, 6) is -4.01. The first-order valence-corrected chi connectivity index (χ1v) is 16.1. The molecule has 2 atom stereocenters. The third-order valence-electron chi connectivity index (χ3n) is 3.36. The van der Waals surface area contributed by atoms with E-state index in [0.717, 1.165) is 26.4 Å². The summed E-state index contributed by atoms with van der Waals surface area (Å²) in [6.07, 6.45) is -1.24. The molecule has 1 aromatic carbocycles. The Morgan fingerprint density at radius 2 is 1.11 bits per heavy atom. The fourth-order valence-corrected chi connectivity index (χ4v) is 6.34. The van der Waals surface area contributed by atoms with E-state index in [9.17, 15) is 36.0 Å². The Kier molecular flexibility index (Phi) is 10.7. The van der Waals surface area contributed by atoms with Crippen molar-refractivity contribution in [1.29, 1.82) is 0 Å². The number of hydrogen-bond acceptors (Lipinski definition) is 12. The van der Waals surface area contributed by atoms with Crippen LogP contribution >= 0.6 is 20.6 Å². The first-order valence-electron chi connectivity index (χ1n) is 9.47. The summed E-state index contributed by atoms with van der Waals surface area (Å²) in [6.45, 7) is 4.58. The second-order valence-corrected chi connectivity index (χ2v) is 13.6. The summed E-state index contributed by atoms with van der Waals surface area (Å²) in [5, 5.41) is 0. The average Bonchev–Trinajstić information content (AvgIpc) is 2.64. The van der Waals surface area contributed by atoms with E-state index in [4.69, 9.17) is 15.6 Å². The minimum atomic E-state index is -3.89. The fourth-order valence-electron chi connectivity index (χ4n) is 2.13. The van der Waals surface area contributed by atoms with Crippen molar-refractivity contribution in [1.82, 2.24) is 9.44 Å². The van der Waals surface area contributed by atoms with E-state index in [1.54, 1.807) is 9.44 Å². The van der Waals surface area contributed by atoms with Gasteiger partial charge in [-0.1, -0.05) is 0 Å². The van der Waals surface area contributed by atoms with Crippen molar-refractivity contribution in [3.8, 4) is 11.5 Å². The summed E-state index contributed by atoms with van der Waals surface area (Å²) < 4.78 is 70.3. The van der Waals surface area contributed by atoms with Crippen LogP contribution in [0.5, 0.6) is 11.5 Å². The van der Waals surface area contributed by atoms with Gasteiger partial charge < -0.3 is 0 Å². The molecule has 0 radical (unpaired) electrons. The van der Waals surface area contributed by atoms with E-state index in [2.05, 4.69) is 0 Å². The summed E-state index contributed by atoms with van der Waals surface area (Å²) in [7, 11) is -7.79. The first-order chi connectivity index (χ1) is 15.9. The Bertz CT molecular complexity index is 1110. The summed E-state index contributed by atoms with van der Waals surface area (Å²) in [5.41, 5.74) is 0. The van der Waals surface area contributed by atoms with Crippen molar-refractivity contribution in [3.05, 3.63) is 21.8 Å². The molecule has 0 saturated carbocycles. The number of carbonyl (C=O) groups excluding carboxylic acids is 4. The molecule has 2 N–H and O–H groups in total. The molecule has 0 bridgehead atoms. The van der Waals surface area contributed by atoms with E-state index in [-0.39, 0.29) is 15.1 Å². The Labute approximate surface area is 210 Å². The Morgan fingerprint density at radius 1 is 0.771 bits per heavy atom. The molecule has 198 valence electrons. The maximum atomic E-state index is 12.2. The van der Waals surface area contributed by atoms with Gasteiger partial charge >= 0.3 is 211 Å². The van der Waals surface area contributed by atoms with Crippen LogP contribution in [0.2, 0.25) is 0 Å². The van der Waals surface area contributed by atoms with Gasteiger partial charge in [0.25, 0.3) is 0 Å². The number of halogens is 1. The SMILES string of the molecule is CC(=O)OI(OC(C)=O)c1c(OC(C)C(=O)NS(C)(=O)=O)cccc1OC(C)C(=O)NS(C)(=O)=O. The molecular weight excluding hydrogens is 627 g/mol. The molecule has 0 aromatic heterocycles. The number of sulfonamides is 2. The van der Waals surface area contributed by atoms with Crippen LogP contribution in [-0.4, -0.2) is 65.3 Å². The zero-order chi connectivity index (χ0) is 27.1. The van der Waals surface area contributed by atoms with Crippen LogP contribution in [0.4, 0.5) is 0 Å². The Hall–Kier alpha value is -2.67. The van der Waals surface area contributed by atoms with E-state index in [0.29, 0.717) is 0 Å². The van der Waals surface area contributed by atoms with E-state index in [1.165, 1.54) is 32.0 Å². The minimum absolute atomic E-state index is 0.0971. The van der Waals surface area contributed by atoms with Crippen molar-refractivity contribution in [2.75, 3.05) is 12.5 Å². The van der Waals surface area contributed by atoms with Gasteiger partial charge in [0.1, 0.15) is 0 Å². The number of rotatable bonds is 11. The van der Waals surface area contributed by atoms with E-state index in [1.807, 2.05) is 0 Å². The summed E-state index contributed by atoms with van der Waals surface area (Å²) >= 11 is -3.72. The van der Waals surface area contributed by atoms with Crippen LogP contribution in [0, 0.1) is 3.57 Å². The Morgan fingerprint density at radius 3 is 1.40 bits per heavy atom. The van der Waals surface area contributed by atoms with Gasteiger partial charge in [0.05, 0.1) is 0 Å². The van der Waals surface area contributed by atoms with Crippen LogP contribution in [0.1, 0.15) is 27.7 Å². The van der Waals surface area contributed by atoms with Gasteiger partial charge in [-0.05, 0) is 0 Å². The molecule has 17 heteroatoms. The number of hydrogen-bond donors (Lipinski definition) is 2. The van der Waals surface area contributed by atoms with Gasteiger partial charge in [-0.2, -0.15) is 0 Å². The number of nitrogens with one attached hydrogen (secondary N) is 2. The predicted octanol–water partition coefficient (Wildman–Crippen LogP) is 0.00500. The van der Waals surface area contributed by atoms with Crippen molar-refractivity contribution in [3.63, 3.8) is 0 Å². The molecule has 0 aliphatic heterocycles. The average molecular weight is 652 g/mol. The van der Waals surface area contributed by atoms with Crippen molar-refractivity contribution < 1.29 is 51.6 Å². The Balaban J connectivity index is 3.51. The van der Waals surface area contributed by atoms with Crippen LogP contribution in [0.15, 0.2) is 18.2 Å². The molecule has 2 unspecified atom stereocenters. The molecular formula is C18H25IN2O12S2. The number of amides is 2. The molecule has 14 nitrogen and oxygen atoms in total. The molecule has 0 aliphatic carbocycles. The van der Waals surface area contributed by atoms with Crippen molar-refractivity contribution >= 4 is 64.4 Å². The molecule has 35 heavy (non-hydrogen) atoms. The second-order valence-electron chi connectivity index (χ2n) is 6.92. The zero-order valence-electron chi connectivity index (χ0n) is 19.5. The quantitative estimate of drug-likeness (QED) is 0.304. The van der Waals surface area contributed by atoms with Gasteiger partial charge in [-0.25, -0.2) is 0 Å². The third kappa shape index (κ3) is 11.1. The summed E-state index contributed by atoms with van der Waals surface area (Å²) in [4.78, 5) is 47.7. The summed E-state index contributed by atoms with van der Waals surface area (Å²) in [6, 6.07) is 3.99. The standard InChI is InChI=1S/C18H25IN2O12S2/c1-10(17(24)20-34(5,26)27)30-14-8-7-9-15(31-11(2)18(25)21-35(6,28)29)16(14)19(32-12(3)22)33-13(4)23/h7-11H,1-6H3,(H,20,24)(H,21,25). The number of ether oxygens (including phenoxy) is 2. The van der Waals surface area contributed by atoms with Crippen LogP contribution in [0.25, 0.3) is 0 Å². The van der Waals surface area contributed by atoms with Gasteiger partial charge in [0.2, 0.25) is 0 Å². The molecule has 2 amide bonds. The monoisotopic (exact) mass is 652 g/mol. The maximum absolute atomic E-state index is 12.2. The fraction of sp³-hybridized carbons (Fsp3) is 0.444. The van der Waals surface area contributed by atoms with Gasteiger partial charge in [-0.3, -0.25) is 0 Å². The molecule has 1 aromatic rings. The normalized spacial score (nSPS) is 13.5. The molecule has 0 spiro atoms. The van der Waals surface area contributed by atoms with Gasteiger partial charge in [-0.15, -0.1) is 0 Å². The van der Waals surface area contributed by atoms with Crippen molar-refractivity contribution in [2.24, 2.45) is 0 Å². The van der Waals surface area contributed by atoms with Crippen LogP contribution in [0.3, 0.4) is 0 Å². The first kappa shape index (κ1) is 30.4. The molecule has 0 aliphatic rings. The molecule has 0 saturated heterocycles. The van der Waals surface area contributed by atoms with Crippen LogP contribution < -0.4 is 18.9 Å². The molecule has 0 heterocycles. The third-order valence-corrected chi connectivity index (χ3v) is 8.49. The van der Waals surface area contributed by atoms with Crippen LogP contribution in [-0.2, 0) is 45.4 Å². The van der Waals surface area contributed by atoms with E-state index >= 15 is 0 Å². The second kappa shape index (κ2) is 12.3. The predicted molar refractivity (Wildman–Crippen MR) is 129 cm³/mol. The van der Waals surface area contributed by atoms with Gasteiger partial charge in [0, 0.05) is 0 Å².